The van der Waals surface area contributed by atoms with Crippen LogP contribution in [-0.2, 0) is 11.3 Å². The lowest BCUT2D eigenvalue weighted by molar-refractivity contribution is -0.113. The van der Waals surface area contributed by atoms with Crippen LogP contribution < -0.4 is 4.90 Å². The van der Waals surface area contributed by atoms with Gasteiger partial charge in [0.15, 0.2) is 0 Å². The molecule has 1 N–H and O–H groups in total. The fourth-order valence-electron chi connectivity index (χ4n) is 3.46. The minimum Gasteiger partial charge on any atom is -0.359 e. The molecule has 1 aliphatic heterocycles. The molecule has 1 aromatic heterocycles. The van der Waals surface area contributed by atoms with Gasteiger partial charge in [0.25, 0.3) is 5.91 Å². The molecular formula is C22H19BrN2O. The van der Waals surface area contributed by atoms with E-state index in [9.17, 15) is 4.79 Å². The normalized spacial score (nSPS) is 15.0. The molecule has 1 amide bonds. The largest absolute Gasteiger partial charge is 0.359 e. The molecule has 2 aromatic carbocycles. The van der Waals surface area contributed by atoms with Gasteiger partial charge in [0.05, 0.1) is 17.8 Å². The van der Waals surface area contributed by atoms with Crippen molar-refractivity contribution >= 4 is 39.2 Å². The Bertz CT molecular complexity index is 1030. The number of H-pyrrole nitrogens is 1. The molecule has 0 saturated heterocycles. The molecule has 3 aromatic rings. The Balaban J connectivity index is 1.76. The highest BCUT2D eigenvalue weighted by atomic mass is 79.9. The van der Waals surface area contributed by atoms with Crippen LogP contribution >= 0.6 is 15.9 Å². The first-order valence-electron chi connectivity index (χ1n) is 8.56. The van der Waals surface area contributed by atoms with Crippen LogP contribution in [0.3, 0.4) is 0 Å². The van der Waals surface area contributed by atoms with Crippen LogP contribution in [0.1, 0.15) is 28.1 Å². The summed E-state index contributed by atoms with van der Waals surface area (Å²) in [6, 6.07) is 18.2. The number of anilines is 1. The van der Waals surface area contributed by atoms with Gasteiger partial charge in [0, 0.05) is 21.4 Å². The second-order valence-electron chi connectivity index (χ2n) is 6.65. The smallest absolute Gasteiger partial charge is 0.259 e. The molecular weight excluding hydrogens is 388 g/mol. The van der Waals surface area contributed by atoms with Gasteiger partial charge in [-0.25, -0.2) is 0 Å². The van der Waals surface area contributed by atoms with E-state index in [4.69, 9.17) is 0 Å². The third kappa shape index (κ3) is 3.01. The number of halogens is 1. The number of carbonyl (C=O) groups excluding carboxylic acids is 1. The Morgan fingerprint density at radius 2 is 1.88 bits per heavy atom. The van der Waals surface area contributed by atoms with Gasteiger partial charge in [0.2, 0.25) is 0 Å². The van der Waals surface area contributed by atoms with Crippen molar-refractivity contribution in [2.24, 2.45) is 0 Å². The van der Waals surface area contributed by atoms with Crippen LogP contribution in [-0.4, -0.2) is 10.9 Å². The first-order valence-corrected chi connectivity index (χ1v) is 9.36. The SMILES string of the molecule is Cc1cc(C)c(C=C2C(=O)N(Cc3cccc(Br)c3)c3ccccc32)[nH]1. The molecule has 0 atom stereocenters. The first-order chi connectivity index (χ1) is 12.5. The van der Waals surface area contributed by atoms with Crippen LogP contribution in [0.2, 0.25) is 0 Å². The van der Waals surface area contributed by atoms with Gasteiger partial charge >= 0.3 is 0 Å². The molecule has 1 aliphatic rings. The van der Waals surface area contributed by atoms with Gasteiger partial charge in [0.1, 0.15) is 0 Å². The molecule has 0 spiro atoms. The number of rotatable bonds is 3. The van der Waals surface area contributed by atoms with E-state index in [-0.39, 0.29) is 5.91 Å². The predicted molar refractivity (Wildman–Crippen MR) is 110 cm³/mol. The zero-order valence-electron chi connectivity index (χ0n) is 14.7. The summed E-state index contributed by atoms with van der Waals surface area (Å²) in [7, 11) is 0. The van der Waals surface area contributed by atoms with Crippen LogP contribution in [0.25, 0.3) is 11.6 Å². The number of aromatic amines is 1. The summed E-state index contributed by atoms with van der Waals surface area (Å²) in [5, 5.41) is 0. The zero-order chi connectivity index (χ0) is 18.3. The summed E-state index contributed by atoms with van der Waals surface area (Å²) in [4.78, 5) is 18.4. The molecule has 130 valence electrons. The number of hydrogen-bond donors (Lipinski definition) is 1. The van der Waals surface area contributed by atoms with Crippen LogP contribution in [0.5, 0.6) is 0 Å². The van der Waals surface area contributed by atoms with Crippen molar-refractivity contribution in [2.75, 3.05) is 4.90 Å². The number of para-hydroxylation sites is 1. The summed E-state index contributed by atoms with van der Waals surface area (Å²) < 4.78 is 1.02. The van der Waals surface area contributed by atoms with Crippen molar-refractivity contribution in [2.45, 2.75) is 20.4 Å². The molecule has 4 heteroatoms. The van der Waals surface area contributed by atoms with Gasteiger partial charge < -0.3 is 9.88 Å². The standard InChI is InChI=1S/C22H19BrN2O/c1-14-10-15(2)24-20(14)12-19-18-8-3-4-9-21(18)25(22(19)26)13-16-6-5-7-17(23)11-16/h3-12,24H,13H2,1-2H3. The number of aromatic nitrogens is 1. The third-order valence-electron chi connectivity index (χ3n) is 4.67. The molecule has 0 saturated carbocycles. The molecule has 0 unspecified atom stereocenters. The fourth-order valence-corrected chi connectivity index (χ4v) is 3.91. The van der Waals surface area contributed by atoms with Crippen molar-refractivity contribution in [1.29, 1.82) is 0 Å². The Morgan fingerprint density at radius 1 is 1.08 bits per heavy atom. The first kappa shape index (κ1) is 16.9. The number of fused-ring (bicyclic) bond motifs is 1. The lowest BCUT2D eigenvalue weighted by Crippen LogP contribution is -2.25. The van der Waals surface area contributed by atoms with Crippen molar-refractivity contribution in [3.63, 3.8) is 0 Å². The van der Waals surface area contributed by atoms with Crippen molar-refractivity contribution < 1.29 is 4.79 Å². The summed E-state index contributed by atoms with van der Waals surface area (Å²) in [5.74, 6) is 0.0397. The molecule has 2 heterocycles. The second kappa shape index (κ2) is 6.61. The number of amides is 1. The third-order valence-corrected chi connectivity index (χ3v) is 5.16. The van der Waals surface area contributed by atoms with E-state index in [1.165, 1.54) is 0 Å². The number of aryl methyl sites for hydroxylation is 2. The molecule has 3 nitrogen and oxygen atoms in total. The Morgan fingerprint density at radius 3 is 2.62 bits per heavy atom. The minimum absolute atomic E-state index is 0.0397. The second-order valence-corrected chi connectivity index (χ2v) is 7.56. The molecule has 26 heavy (non-hydrogen) atoms. The Labute approximate surface area is 161 Å². The van der Waals surface area contributed by atoms with Crippen LogP contribution in [0.15, 0.2) is 59.1 Å². The number of benzene rings is 2. The highest BCUT2D eigenvalue weighted by molar-refractivity contribution is 9.10. The highest BCUT2D eigenvalue weighted by Gasteiger charge is 2.32. The van der Waals surface area contributed by atoms with Crippen molar-refractivity contribution in [3.05, 3.63) is 87.1 Å². The topological polar surface area (TPSA) is 36.1 Å². The Hall–Kier alpha value is -2.59. The monoisotopic (exact) mass is 406 g/mol. The van der Waals surface area contributed by atoms with E-state index in [1.54, 1.807) is 0 Å². The number of nitrogens with one attached hydrogen (secondary N) is 1. The molecule has 0 bridgehead atoms. The zero-order valence-corrected chi connectivity index (χ0v) is 16.3. The maximum Gasteiger partial charge on any atom is 0.259 e. The summed E-state index contributed by atoms with van der Waals surface area (Å²) in [6.45, 7) is 4.63. The molecule has 0 aliphatic carbocycles. The minimum atomic E-state index is 0.0397. The van der Waals surface area contributed by atoms with Crippen LogP contribution in [0, 0.1) is 13.8 Å². The van der Waals surface area contributed by atoms with E-state index in [2.05, 4.69) is 40.0 Å². The summed E-state index contributed by atoms with van der Waals surface area (Å²) in [6.07, 6.45) is 1.98. The number of nitrogens with zero attached hydrogens (tertiary/aromatic N) is 1. The number of hydrogen-bond acceptors (Lipinski definition) is 1. The van der Waals surface area contributed by atoms with Crippen molar-refractivity contribution in [3.8, 4) is 0 Å². The van der Waals surface area contributed by atoms with E-state index in [0.717, 1.165) is 43.8 Å². The fraction of sp³-hybridized carbons (Fsp3) is 0.136. The van der Waals surface area contributed by atoms with Gasteiger partial charge in [-0.1, -0.05) is 46.3 Å². The van der Waals surface area contributed by atoms with Gasteiger partial charge in [-0.2, -0.15) is 0 Å². The van der Waals surface area contributed by atoms with Crippen molar-refractivity contribution in [1.82, 2.24) is 4.98 Å². The lowest BCUT2D eigenvalue weighted by Gasteiger charge is -2.17. The maximum atomic E-state index is 13.2. The molecule has 0 fully saturated rings. The van der Waals surface area contributed by atoms with E-state index in [0.29, 0.717) is 6.54 Å². The molecule has 4 rings (SSSR count). The highest BCUT2D eigenvalue weighted by Crippen LogP contribution is 2.38. The van der Waals surface area contributed by atoms with E-state index < -0.39 is 0 Å². The predicted octanol–water partition coefficient (Wildman–Crippen LogP) is 5.48. The van der Waals surface area contributed by atoms with E-state index >= 15 is 0 Å². The average molecular weight is 407 g/mol. The van der Waals surface area contributed by atoms with Gasteiger partial charge in [-0.3, -0.25) is 4.79 Å². The summed E-state index contributed by atoms with van der Waals surface area (Å²) >= 11 is 3.51. The van der Waals surface area contributed by atoms with Gasteiger partial charge in [-0.05, 0) is 55.3 Å². The number of carbonyl (C=O) groups is 1. The van der Waals surface area contributed by atoms with E-state index in [1.807, 2.05) is 60.4 Å². The lowest BCUT2D eigenvalue weighted by atomic mass is 10.1. The van der Waals surface area contributed by atoms with Crippen LogP contribution in [0.4, 0.5) is 5.69 Å². The average Bonchev–Trinajstić information content (AvgIpc) is 3.06. The quantitative estimate of drug-likeness (QED) is 0.574. The summed E-state index contributed by atoms with van der Waals surface area (Å²) in [5.41, 5.74) is 7.01. The van der Waals surface area contributed by atoms with Gasteiger partial charge in [-0.15, -0.1) is 0 Å². The Kier molecular flexibility index (Phi) is 4.29. The maximum absolute atomic E-state index is 13.2. The molecule has 0 radical (unpaired) electrons.